The third kappa shape index (κ3) is 4.10. The van der Waals surface area contributed by atoms with Gasteiger partial charge in [0, 0.05) is 13.0 Å². The molecule has 1 amide bonds. The van der Waals surface area contributed by atoms with Gasteiger partial charge >= 0.3 is 0 Å². The molecule has 0 radical (unpaired) electrons. The average Bonchev–Trinajstić information content (AvgIpc) is 2.30. The molecule has 0 atom stereocenters. The van der Waals surface area contributed by atoms with Crippen LogP contribution in [0.15, 0.2) is 11.6 Å². The first-order chi connectivity index (χ1) is 7.77. The number of carbonyl (C=O) groups is 1. The van der Waals surface area contributed by atoms with Crippen molar-refractivity contribution in [3.05, 3.63) is 11.6 Å². The number of carbonyl (C=O) groups excluding carboxylic acids is 1. The van der Waals surface area contributed by atoms with Gasteiger partial charge in [0.25, 0.3) is 0 Å². The van der Waals surface area contributed by atoms with Gasteiger partial charge in [0.15, 0.2) is 0 Å². The third-order valence-electron chi connectivity index (χ3n) is 2.89. The summed E-state index contributed by atoms with van der Waals surface area (Å²) < 4.78 is 0. The molecule has 0 aromatic carbocycles. The molecule has 0 saturated carbocycles. The summed E-state index contributed by atoms with van der Waals surface area (Å²) in [5.41, 5.74) is 1.30. The maximum absolute atomic E-state index is 12.0. The molecule has 0 aromatic rings. The number of nitrogens with zero attached hydrogens (tertiary/aromatic N) is 1. The van der Waals surface area contributed by atoms with E-state index in [1.807, 2.05) is 0 Å². The van der Waals surface area contributed by atoms with Crippen molar-refractivity contribution < 1.29 is 4.79 Å². The lowest BCUT2D eigenvalue weighted by Crippen LogP contribution is -2.32. The summed E-state index contributed by atoms with van der Waals surface area (Å²) in [6.45, 7) is 3.28. The van der Waals surface area contributed by atoms with Gasteiger partial charge in [-0.15, -0.1) is 6.42 Å². The quantitative estimate of drug-likeness (QED) is 0.514. The minimum atomic E-state index is 0.188. The second kappa shape index (κ2) is 7.11. The first kappa shape index (κ1) is 12.8. The highest BCUT2D eigenvalue weighted by molar-refractivity contribution is 5.79. The molecular weight excluding hydrogens is 198 g/mol. The van der Waals surface area contributed by atoms with Crippen LogP contribution in [0.2, 0.25) is 0 Å². The van der Waals surface area contributed by atoms with Crippen LogP contribution in [0.1, 0.15) is 45.4 Å². The Balaban J connectivity index is 2.47. The minimum absolute atomic E-state index is 0.188. The van der Waals surface area contributed by atoms with E-state index >= 15 is 0 Å². The van der Waals surface area contributed by atoms with Crippen LogP contribution < -0.4 is 0 Å². The number of rotatable bonds is 5. The highest BCUT2D eigenvalue weighted by Crippen LogP contribution is 2.20. The second-order valence-corrected chi connectivity index (χ2v) is 4.30. The normalized spacial score (nSPS) is 15.1. The fraction of sp³-hybridized carbons (Fsp3) is 0.643. The van der Waals surface area contributed by atoms with Crippen LogP contribution in [0.5, 0.6) is 0 Å². The first-order valence-corrected chi connectivity index (χ1v) is 6.17. The summed E-state index contributed by atoms with van der Waals surface area (Å²) in [5.74, 6) is 2.74. The zero-order chi connectivity index (χ0) is 11.8. The molecule has 1 aliphatic rings. The summed E-state index contributed by atoms with van der Waals surface area (Å²) >= 11 is 0. The summed E-state index contributed by atoms with van der Waals surface area (Å²) in [4.78, 5) is 13.8. The van der Waals surface area contributed by atoms with Crippen molar-refractivity contribution in [2.75, 3.05) is 13.1 Å². The molecule has 0 aliphatic heterocycles. The Morgan fingerprint density at radius 1 is 1.56 bits per heavy atom. The maximum atomic E-state index is 12.0. The second-order valence-electron chi connectivity index (χ2n) is 4.30. The Hall–Kier alpha value is -1.23. The molecule has 0 heterocycles. The lowest BCUT2D eigenvalue weighted by Gasteiger charge is -2.21. The fourth-order valence-electron chi connectivity index (χ4n) is 2.04. The van der Waals surface area contributed by atoms with Gasteiger partial charge in [-0.2, -0.15) is 0 Å². The van der Waals surface area contributed by atoms with Gasteiger partial charge in [-0.1, -0.05) is 24.5 Å². The average molecular weight is 219 g/mol. The number of hydrogen-bond donors (Lipinski definition) is 0. The van der Waals surface area contributed by atoms with Crippen molar-refractivity contribution >= 4 is 5.91 Å². The van der Waals surface area contributed by atoms with E-state index in [9.17, 15) is 4.79 Å². The summed E-state index contributed by atoms with van der Waals surface area (Å²) in [7, 11) is 0. The minimum Gasteiger partial charge on any atom is -0.331 e. The molecule has 0 bridgehead atoms. The SMILES string of the molecule is C#CCN(CCC)C(=O)CC1=CCCCC1. The molecular formula is C14H21NO. The highest BCUT2D eigenvalue weighted by atomic mass is 16.2. The Bertz CT molecular complexity index is 298. The molecule has 88 valence electrons. The van der Waals surface area contributed by atoms with Gasteiger partial charge in [-0.25, -0.2) is 0 Å². The molecule has 2 nitrogen and oxygen atoms in total. The zero-order valence-corrected chi connectivity index (χ0v) is 10.2. The molecule has 0 N–H and O–H groups in total. The Morgan fingerprint density at radius 3 is 2.94 bits per heavy atom. The van der Waals surface area contributed by atoms with Crippen molar-refractivity contribution in [3.8, 4) is 12.3 Å². The third-order valence-corrected chi connectivity index (χ3v) is 2.89. The van der Waals surface area contributed by atoms with Gasteiger partial charge in [0.1, 0.15) is 0 Å². The van der Waals surface area contributed by atoms with Gasteiger partial charge in [-0.05, 0) is 32.1 Å². The number of amides is 1. The molecule has 0 unspecified atom stereocenters. The molecule has 1 rings (SSSR count). The van der Waals surface area contributed by atoms with E-state index in [0.29, 0.717) is 13.0 Å². The van der Waals surface area contributed by atoms with E-state index in [2.05, 4.69) is 18.9 Å². The van der Waals surface area contributed by atoms with Crippen LogP contribution in [-0.4, -0.2) is 23.9 Å². The predicted octanol–water partition coefficient (Wildman–Crippen LogP) is 2.75. The molecule has 16 heavy (non-hydrogen) atoms. The van der Waals surface area contributed by atoms with Crippen molar-refractivity contribution in [2.45, 2.75) is 45.4 Å². The van der Waals surface area contributed by atoms with E-state index in [-0.39, 0.29) is 5.91 Å². The first-order valence-electron chi connectivity index (χ1n) is 6.17. The van der Waals surface area contributed by atoms with E-state index in [1.165, 1.54) is 18.4 Å². The monoisotopic (exact) mass is 219 g/mol. The number of terminal acetylenes is 1. The molecule has 0 saturated heterocycles. The van der Waals surface area contributed by atoms with Crippen molar-refractivity contribution in [1.82, 2.24) is 4.90 Å². The molecule has 2 heteroatoms. The Kier molecular flexibility index (Phi) is 5.71. The van der Waals surface area contributed by atoms with E-state index < -0.39 is 0 Å². The van der Waals surface area contributed by atoms with Gasteiger partial charge in [0.05, 0.1) is 6.54 Å². The zero-order valence-electron chi connectivity index (χ0n) is 10.2. The maximum Gasteiger partial charge on any atom is 0.227 e. The summed E-state index contributed by atoms with van der Waals surface area (Å²) in [6.07, 6.45) is 13.7. The fourth-order valence-corrected chi connectivity index (χ4v) is 2.04. The standard InChI is InChI=1S/C14H21NO/c1-3-10-15(11-4-2)14(16)12-13-8-6-5-7-9-13/h1,8H,4-7,9-12H2,2H3. The molecule has 0 fully saturated rings. The van der Waals surface area contributed by atoms with Crippen LogP contribution in [0.4, 0.5) is 0 Å². The van der Waals surface area contributed by atoms with E-state index in [0.717, 1.165) is 25.8 Å². The van der Waals surface area contributed by atoms with Gasteiger partial charge in [-0.3, -0.25) is 4.79 Å². The van der Waals surface area contributed by atoms with Crippen molar-refractivity contribution in [3.63, 3.8) is 0 Å². The molecule has 0 aromatic heterocycles. The lowest BCUT2D eigenvalue weighted by molar-refractivity contribution is -0.129. The molecule has 0 spiro atoms. The largest absolute Gasteiger partial charge is 0.331 e. The predicted molar refractivity (Wildman–Crippen MR) is 66.9 cm³/mol. The number of hydrogen-bond acceptors (Lipinski definition) is 1. The van der Waals surface area contributed by atoms with Crippen LogP contribution in [-0.2, 0) is 4.79 Å². The summed E-state index contributed by atoms with van der Waals surface area (Å²) in [5, 5.41) is 0. The lowest BCUT2D eigenvalue weighted by atomic mass is 9.97. The Morgan fingerprint density at radius 2 is 2.38 bits per heavy atom. The van der Waals surface area contributed by atoms with Gasteiger partial charge in [0.2, 0.25) is 5.91 Å². The molecule has 1 aliphatic carbocycles. The van der Waals surface area contributed by atoms with E-state index in [1.54, 1.807) is 4.90 Å². The Labute approximate surface area is 98.7 Å². The number of allylic oxidation sites excluding steroid dienone is 1. The van der Waals surface area contributed by atoms with Crippen molar-refractivity contribution in [2.24, 2.45) is 0 Å². The van der Waals surface area contributed by atoms with Crippen LogP contribution in [0, 0.1) is 12.3 Å². The summed E-state index contributed by atoms with van der Waals surface area (Å²) in [6, 6.07) is 0. The van der Waals surface area contributed by atoms with Crippen LogP contribution in [0.25, 0.3) is 0 Å². The van der Waals surface area contributed by atoms with Crippen LogP contribution in [0.3, 0.4) is 0 Å². The smallest absolute Gasteiger partial charge is 0.227 e. The van der Waals surface area contributed by atoms with Crippen molar-refractivity contribution in [1.29, 1.82) is 0 Å². The highest BCUT2D eigenvalue weighted by Gasteiger charge is 2.14. The topological polar surface area (TPSA) is 20.3 Å². The van der Waals surface area contributed by atoms with Crippen LogP contribution >= 0.6 is 0 Å². The van der Waals surface area contributed by atoms with E-state index in [4.69, 9.17) is 6.42 Å². The van der Waals surface area contributed by atoms with Gasteiger partial charge < -0.3 is 4.90 Å².